The first-order valence-electron chi connectivity index (χ1n) is 13.7. The molecule has 2 unspecified atom stereocenters. The second-order valence-electron chi connectivity index (χ2n) is 10.8. The Balaban J connectivity index is 1.10. The van der Waals surface area contributed by atoms with E-state index < -0.39 is 41.5 Å². The Kier molecular flexibility index (Phi) is 7.34. The molecule has 3 aromatic rings. The number of aliphatic hydroxyl groups excluding tert-OH is 2. The van der Waals surface area contributed by atoms with Crippen LogP contribution in [0, 0.1) is 16.0 Å². The number of benzene rings is 1. The first kappa shape index (κ1) is 27.7. The zero-order valence-corrected chi connectivity index (χ0v) is 22.4. The van der Waals surface area contributed by atoms with Gasteiger partial charge < -0.3 is 35.6 Å². The minimum absolute atomic E-state index is 0.0685. The summed E-state index contributed by atoms with van der Waals surface area (Å²) in [5.74, 6) is 0.332. The Morgan fingerprint density at radius 2 is 1.93 bits per heavy atom. The summed E-state index contributed by atoms with van der Waals surface area (Å²) in [5.41, 5.74) is 6.62. The Labute approximate surface area is 238 Å². The van der Waals surface area contributed by atoms with Crippen LogP contribution < -0.4 is 15.8 Å². The number of imidazole rings is 1. The number of fused-ring (bicyclic) bond motifs is 1. The van der Waals surface area contributed by atoms with E-state index in [0.29, 0.717) is 49.3 Å². The summed E-state index contributed by atoms with van der Waals surface area (Å²) in [7, 11) is 0. The Morgan fingerprint density at radius 1 is 1.17 bits per heavy atom. The summed E-state index contributed by atoms with van der Waals surface area (Å²) in [6, 6.07) is 5.53. The van der Waals surface area contributed by atoms with Crippen molar-refractivity contribution in [3.63, 3.8) is 0 Å². The van der Waals surface area contributed by atoms with Gasteiger partial charge in [-0.1, -0.05) is 6.07 Å². The number of nitro benzene ring substituents is 1. The van der Waals surface area contributed by atoms with Crippen LogP contribution in [0.25, 0.3) is 11.2 Å². The van der Waals surface area contributed by atoms with Crippen molar-refractivity contribution in [3.05, 3.63) is 46.5 Å². The lowest BCUT2D eigenvalue weighted by atomic mass is 9.93. The molecule has 222 valence electrons. The molecule has 16 nitrogen and oxygen atoms in total. The smallest absolute Gasteiger partial charge is 0.410 e. The first-order chi connectivity index (χ1) is 20.2. The number of nitrogens with two attached hydrogens (primary N) is 1. The van der Waals surface area contributed by atoms with Crippen LogP contribution >= 0.6 is 0 Å². The maximum atomic E-state index is 12.6. The number of piperidine rings is 1. The van der Waals surface area contributed by atoms with Gasteiger partial charge in [0.1, 0.15) is 29.3 Å². The van der Waals surface area contributed by atoms with Crippen LogP contribution in [-0.4, -0.2) is 89.0 Å². The van der Waals surface area contributed by atoms with Gasteiger partial charge in [-0.05, 0) is 37.7 Å². The fraction of sp³-hybridized carbons (Fsp3) is 0.500. The quantitative estimate of drug-likeness (QED) is 0.223. The summed E-state index contributed by atoms with van der Waals surface area (Å²) < 4.78 is 12.6. The van der Waals surface area contributed by atoms with Crippen LogP contribution in [-0.2, 0) is 16.0 Å². The van der Waals surface area contributed by atoms with Gasteiger partial charge >= 0.3 is 6.09 Å². The van der Waals surface area contributed by atoms with Gasteiger partial charge in [0.05, 0.1) is 17.3 Å². The Hall–Kier alpha value is -4.41. The SMILES string of the molecule is Nc1nc(CC2CCN(C(=O)Oc3cccc([N+](=O)[O-])c3)CC2)nc2c1ncn2[C@@H]1O[C@H](C(=O)NC2CC2)C(O)C1O. The monoisotopic (exact) mass is 582 g/mol. The number of carbonyl (C=O) groups excluding carboxylic acids is 2. The van der Waals surface area contributed by atoms with Crippen LogP contribution in [0.5, 0.6) is 5.75 Å². The molecule has 1 aliphatic carbocycles. The van der Waals surface area contributed by atoms with Crippen LogP contribution in [0.3, 0.4) is 0 Å². The van der Waals surface area contributed by atoms with Crippen molar-refractivity contribution >= 4 is 34.7 Å². The number of nitrogen functional groups attached to an aromatic ring is 1. The number of carbonyl (C=O) groups is 2. The molecule has 3 aliphatic rings. The average molecular weight is 583 g/mol. The van der Waals surface area contributed by atoms with Gasteiger partial charge in [-0.25, -0.2) is 19.7 Å². The molecule has 2 saturated heterocycles. The van der Waals surface area contributed by atoms with E-state index in [1.54, 1.807) is 4.90 Å². The second-order valence-corrected chi connectivity index (χ2v) is 10.8. The van der Waals surface area contributed by atoms with Crippen molar-refractivity contribution < 1.29 is 34.2 Å². The van der Waals surface area contributed by atoms with Crippen LogP contribution in [0.2, 0.25) is 0 Å². The van der Waals surface area contributed by atoms with Crippen molar-refractivity contribution in [2.24, 2.45) is 5.92 Å². The lowest BCUT2D eigenvalue weighted by molar-refractivity contribution is -0.384. The normalized spacial score (nSPS) is 24.6. The molecule has 16 heteroatoms. The van der Waals surface area contributed by atoms with Gasteiger partial charge in [-0.3, -0.25) is 19.5 Å². The van der Waals surface area contributed by atoms with E-state index >= 15 is 0 Å². The van der Waals surface area contributed by atoms with Crippen LogP contribution in [0.4, 0.5) is 16.3 Å². The number of ether oxygens (including phenoxy) is 2. The maximum Gasteiger partial charge on any atom is 0.415 e. The third-order valence-electron chi connectivity index (χ3n) is 7.77. The lowest BCUT2D eigenvalue weighted by Crippen LogP contribution is -2.43. The Bertz CT molecular complexity index is 1520. The zero-order valence-electron chi connectivity index (χ0n) is 22.4. The molecular formula is C26H30N8O8. The number of nitrogens with one attached hydrogen (secondary N) is 1. The van der Waals surface area contributed by atoms with E-state index in [2.05, 4.69) is 20.3 Å². The molecule has 0 bridgehead atoms. The topological polar surface area (TPSA) is 221 Å². The number of hydrogen-bond donors (Lipinski definition) is 4. The highest BCUT2D eigenvalue weighted by Gasteiger charge is 2.48. The highest BCUT2D eigenvalue weighted by molar-refractivity contribution is 5.83. The van der Waals surface area contributed by atoms with Crippen molar-refractivity contribution in [1.29, 1.82) is 0 Å². The fourth-order valence-corrected chi connectivity index (χ4v) is 5.28. The first-order valence-corrected chi connectivity index (χ1v) is 13.7. The van der Waals surface area contributed by atoms with Gasteiger partial charge in [0.15, 0.2) is 23.8 Å². The number of aliphatic hydroxyl groups is 2. The third kappa shape index (κ3) is 5.55. The molecule has 6 rings (SSSR count). The molecule has 5 N–H and O–H groups in total. The number of nitrogens with zero attached hydrogens (tertiary/aromatic N) is 6. The third-order valence-corrected chi connectivity index (χ3v) is 7.77. The summed E-state index contributed by atoms with van der Waals surface area (Å²) in [5, 5.41) is 35.0. The minimum Gasteiger partial charge on any atom is -0.410 e. The number of amides is 2. The van der Waals surface area contributed by atoms with Crippen LogP contribution in [0.15, 0.2) is 30.6 Å². The predicted molar refractivity (Wildman–Crippen MR) is 144 cm³/mol. The molecule has 1 saturated carbocycles. The van der Waals surface area contributed by atoms with Gasteiger partial charge in [-0.2, -0.15) is 0 Å². The molecule has 2 aromatic heterocycles. The summed E-state index contributed by atoms with van der Waals surface area (Å²) in [4.78, 5) is 50.4. The van der Waals surface area contributed by atoms with Crippen molar-refractivity contribution in [2.75, 3.05) is 18.8 Å². The second kappa shape index (κ2) is 11.1. The van der Waals surface area contributed by atoms with Crippen molar-refractivity contribution in [1.82, 2.24) is 29.7 Å². The summed E-state index contributed by atoms with van der Waals surface area (Å²) in [6.45, 7) is 0.830. The van der Waals surface area contributed by atoms with Gasteiger partial charge in [0, 0.05) is 31.6 Å². The molecule has 1 aromatic carbocycles. The Morgan fingerprint density at radius 3 is 2.64 bits per heavy atom. The van der Waals surface area contributed by atoms with E-state index in [0.717, 1.165) is 12.8 Å². The van der Waals surface area contributed by atoms with Gasteiger partial charge in [-0.15, -0.1) is 0 Å². The molecule has 4 atom stereocenters. The summed E-state index contributed by atoms with van der Waals surface area (Å²) >= 11 is 0. The fourth-order valence-electron chi connectivity index (χ4n) is 5.28. The van der Waals surface area contributed by atoms with Gasteiger partial charge in [0.25, 0.3) is 11.6 Å². The van der Waals surface area contributed by atoms with E-state index in [1.165, 1.54) is 35.2 Å². The molecule has 0 spiro atoms. The standard InChI is InChI=1S/C26H30N8O8/c27-22-18-23(33(12-28-18)25-20(36)19(35)21(42-25)24(37)29-14-4-5-14)31-17(30-22)10-13-6-8-32(9-7-13)26(38)41-16-3-1-2-15(11-16)34(39)40/h1-3,11-14,19-21,25,35-36H,4-10H2,(H,29,37)(H2,27,30,31)/t19?,20?,21-,25+/m0/s1. The molecule has 2 aliphatic heterocycles. The molecule has 2 amide bonds. The maximum absolute atomic E-state index is 12.6. The molecule has 3 fully saturated rings. The molecule has 4 heterocycles. The molecule has 0 radical (unpaired) electrons. The highest BCUT2D eigenvalue weighted by Crippen LogP contribution is 2.33. The number of nitro groups is 1. The lowest BCUT2D eigenvalue weighted by Gasteiger charge is -2.31. The number of hydrogen-bond acceptors (Lipinski definition) is 12. The van der Waals surface area contributed by atoms with Crippen LogP contribution in [0.1, 0.15) is 37.7 Å². The number of anilines is 1. The highest BCUT2D eigenvalue weighted by atomic mass is 16.6. The predicted octanol–water partition coefficient (Wildman–Crippen LogP) is 0.668. The van der Waals surface area contributed by atoms with Crippen molar-refractivity contribution in [3.8, 4) is 5.75 Å². The number of aromatic nitrogens is 4. The van der Waals surface area contributed by atoms with Gasteiger partial charge in [0.2, 0.25) is 0 Å². The van der Waals surface area contributed by atoms with E-state index in [4.69, 9.17) is 15.2 Å². The van der Waals surface area contributed by atoms with Crippen molar-refractivity contribution in [2.45, 2.75) is 62.7 Å². The molecular weight excluding hydrogens is 552 g/mol. The van der Waals surface area contributed by atoms with E-state index in [9.17, 15) is 29.9 Å². The minimum atomic E-state index is -1.43. The number of non-ortho nitro benzene ring substituents is 1. The largest absolute Gasteiger partial charge is 0.415 e. The van der Waals surface area contributed by atoms with E-state index in [1.807, 2.05) is 0 Å². The molecule has 42 heavy (non-hydrogen) atoms. The average Bonchev–Trinajstić information content (AvgIpc) is 3.60. The summed E-state index contributed by atoms with van der Waals surface area (Å²) in [6.07, 6.45) is -0.904. The zero-order chi connectivity index (χ0) is 29.5. The number of likely N-dealkylation sites (tertiary alicyclic amines) is 1. The number of rotatable bonds is 7. The van der Waals surface area contributed by atoms with E-state index in [-0.39, 0.29) is 29.2 Å².